The van der Waals surface area contributed by atoms with Crippen molar-refractivity contribution in [3.8, 4) is 0 Å². The van der Waals surface area contributed by atoms with Crippen LogP contribution in [0.5, 0.6) is 0 Å². The second-order valence-electron chi connectivity index (χ2n) is 5.76. The highest BCUT2D eigenvalue weighted by atomic mass is 32.2. The molecule has 19 heavy (non-hydrogen) atoms. The Morgan fingerprint density at radius 2 is 1.68 bits per heavy atom. The second kappa shape index (κ2) is 6.39. The number of sulfonamides is 1. The smallest absolute Gasteiger partial charge is 0.240 e. The lowest BCUT2D eigenvalue weighted by molar-refractivity contribution is 0.378. The largest absolute Gasteiger partial charge is 0.385 e. The molecule has 1 aromatic rings. The van der Waals surface area contributed by atoms with E-state index >= 15 is 0 Å². The van der Waals surface area contributed by atoms with Gasteiger partial charge < -0.3 is 5.32 Å². The summed E-state index contributed by atoms with van der Waals surface area (Å²) in [7, 11) is -3.39. The molecular weight excluding hydrogens is 260 g/mol. The van der Waals surface area contributed by atoms with E-state index in [1.165, 1.54) is 0 Å². The molecule has 4 nitrogen and oxygen atoms in total. The van der Waals surface area contributed by atoms with Gasteiger partial charge in [-0.1, -0.05) is 20.8 Å². The minimum atomic E-state index is -3.39. The molecule has 0 aliphatic rings. The first-order chi connectivity index (χ1) is 8.74. The van der Waals surface area contributed by atoms with Gasteiger partial charge in [0.1, 0.15) is 0 Å². The van der Waals surface area contributed by atoms with E-state index in [4.69, 9.17) is 0 Å². The molecule has 0 aliphatic carbocycles. The molecule has 0 amide bonds. The predicted octanol–water partition coefficient (Wildman–Crippen LogP) is 2.83. The number of rotatable bonds is 6. The second-order valence-corrected chi connectivity index (χ2v) is 7.53. The van der Waals surface area contributed by atoms with Crippen LogP contribution in [0.15, 0.2) is 29.2 Å². The summed E-state index contributed by atoms with van der Waals surface area (Å²) in [6.07, 6.45) is 0.807. The monoisotopic (exact) mass is 284 g/mol. The molecule has 0 bridgehead atoms. The molecule has 0 spiro atoms. The van der Waals surface area contributed by atoms with Gasteiger partial charge in [0.05, 0.1) is 4.90 Å². The Labute approximate surface area is 116 Å². The maximum absolute atomic E-state index is 12.1. The minimum Gasteiger partial charge on any atom is -0.385 e. The first-order valence-corrected chi connectivity index (χ1v) is 8.06. The van der Waals surface area contributed by atoms with Crippen molar-refractivity contribution in [1.29, 1.82) is 0 Å². The van der Waals surface area contributed by atoms with Crippen LogP contribution in [0, 0.1) is 5.41 Å². The van der Waals surface area contributed by atoms with Gasteiger partial charge in [-0.3, -0.25) is 0 Å². The molecular formula is C14H24N2O2S. The van der Waals surface area contributed by atoms with E-state index in [0.717, 1.165) is 18.7 Å². The van der Waals surface area contributed by atoms with E-state index in [1.807, 2.05) is 6.92 Å². The van der Waals surface area contributed by atoms with Crippen molar-refractivity contribution in [3.63, 3.8) is 0 Å². The third-order valence-electron chi connectivity index (χ3n) is 2.71. The van der Waals surface area contributed by atoms with Crippen molar-refractivity contribution in [1.82, 2.24) is 4.72 Å². The molecule has 108 valence electrons. The molecule has 0 atom stereocenters. The average Bonchev–Trinajstić information content (AvgIpc) is 2.28. The first-order valence-electron chi connectivity index (χ1n) is 6.58. The molecule has 5 heteroatoms. The maximum atomic E-state index is 12.1. The lowest BCUT2D eigenvalue weighted by Crippen LogP contribution is -2.27. The molecule has 0 saturated carbocycles. The summed E-state index contributed by atoms with van der Waals surface area (Å²) in [6.45, 7) is 9.54. The van der Waals surface area contributed by atoms with Gasteiger partial charge in [0.2, 0.25) is 10.0 Å². The Kier molecular flexibility index (Phi) is 5.38. The van der Waals surface area contributed by atoms with Gasteiger partial charge in [0.25, 0.3) is 0 Å². The van der Waals surface area contributed by atoms with Crippen molar-refractivity contribution < 1.29 is 8.42 Å². The van der Waals surface area contributed by atoms with Crippen LogP contribution in [-0.2, 0) is 10.0 Å². The fraction of sp³-hybridized carbons (Fsp3) is 0.571. The van der Waals surface area contributed by atoms with E-state index in [2.05, 4.69) is 30.8 Å². The van der Waals surface area contributed by atoms with Crippen LogP contribution in [0.25, 0.3) is 0 Å². The Balaban J connectivity index is 2.67. The summed E-state index contributed by atoms with van der Waals surface area (Å²) < 4.78 is 26.7. The fourth-order valence-electron chi connectivity index (χ4n) is 1.60. The molecule has 0 unspecified atom stereocenters. The van der Waals surface area contributed by atoms with Gasteiger partial charge in [-0.15, -0.1) is 0 Å². The SMILES string of the molecule is CCNc1ccc(S(=O)(=O)NCCC(C)(C)C)cc1. The zero-order chi connectivity index (χ0) is 14.5. The van der Waals surface area contributed by atoms with Crippen molar-refractivity contribution in [2.75, 3.05) is 18.4 Å². The van der Waals surface area contributed by atoms with E-state index in [-0.39, 0.29) is 5.41 Å². The van der Waals surface area contributed by atoms with Gasteiger partial charge in [-0.25, -0.2) is 13.1 Å². The molecule has 0 radical (unpaired) electrons. The highest BCUT2D eigenvalue weighted by molar-refractivity contribution is 7.89. The fourth-order valence-corrected chi connectivity index (χ4v) is 2.63. The normalized spacial score (nSPS) is 12.4. The van der Waals surface area contributed by atoms with Crippen molar-refractivity contribution in [2.45, 2.75) is 39.0 Å². The van der Waals surface area contributed by atoms with E-state index in [1.54, 1.807) is 24.3 Å². The van der Waals surface area contributed by atoms with Crippen LogP contribution < -0.4 is 10.0 Å². The number of hydrogen-bond acceptors (Lipinski definition) is 3. The van der Waals surface area contributed by atoms with Gasteiger partial charge in [0.15, 0.2) is 0 Å². The van der Waals surface area contributed by atoms with E-state index in [0.29, 0.717) is 11.4 Å². The van der Waals surface area contributed by atoms with Gasteiger partial charge in [-0.2, -0.15) is 0 Å². The van der Waals surface area contributed by atoms with E-state index in [9.17, 15) is 8.42 Å². The summed E-state index contributed by atoms with van der Waals surface area (Å²) in [4.78, 5) is 0.308. The van der Waals surface area contributed by atoms with Crippen LogP contribution in [0.4, 0.5) is 5.69 Å². The van der Waals surface area contributed by atoms with Crippen molar-refractivity contribution >= 4 is 15.7 Å². The summed E-state index contributed by atoms with van der Waals surface area (Å²) >= 11 is 0. The summed E-state index contributed by atoms with van der Waals surface area (Å²) in [5, 5.41) is 3.13. The third-order valence-corrected chi connectivity index (χ3v) is 4.19. The number of anilines is 1. The summed E-state index contributed by atoms with van der Waals surface area (Å²) in [5.74, 6) is 0. The molecule has 0 saturated heterocycles. The third kappa shape index (κ3) is 5.61. The zero-order valence-electron chi connectivity index (χ0n) is 12.2. The quantitative estimate of drug-likeness (QED) is 0.844. The average molecular weight is 284 g/mol. The minimum absolute atomic E-state index is 0.122. The van der Waals surface area contributed by atoms with E-state index < -0.39 is 10.0 Å². The predicted molar refractivity (Wildman–Crippen MR) is 79.9 cm³/mol. The Bertz CT molecular complexity index is 487. The molecule has 1 rings (SSSR count). The molecule has 1 aromatic carbocycles. The van der Waals surface area contributed by atoms with Gasteiger partial charge >= 0.3 is 0 Å². The van der Waals surface area contributed by atoms with Crippen molar-refractivity contribution in [2.24, 2.45) is 5.41 Å². The topological polar surface area (TPSA) is 58.2 Å². The van der Waals surface area contributed by atoms with Gasteiger partial charge in [0, 0.05) is 18.8 Å². The molecule has 0 heterocycles. The zero-order valence-corrected chi connectivity index (χ0v) is 13.0. The van der Waals surface area contributed by atoms with Gasteiger partial charge in [-0.05, 0) is 43.0 Å². The highest BCUT2D eigenvalue weighted by Gasteiger charge is 2.16. The maximum Gasteiger partial charge on any atom is 0.240 e. The Morgan fingerprint density at radius 3 is 2.16 bits per heavy atom. The molecule has 2 N–H and O–H groups in total. The van der Waals surface area contributed by atoms with Crippen molar-refractivity contribution in [3.05, 3.63) is 24.3 Å². The number of nitrogens with one attached hydrogen (secondary N) is 2. The lowest BCUT2D eigenvalue weighted by Gasteiger charge is -2.18. The summed E-state index contributed by atoms with van der Waals surface area (Å²) in [6, 6.07) is 6.80. The Hall–Kier alpha value is -1.07. The van der Waals surface area contributed by atoms with Crippen LogP contribution in [0.1, 0.15) is 34.1 Å². The highest BCUT2D eigenvalue weighted by Crippen LogP contribution is 2.18. The molecule has 0 fully saturated rings. The number of hydrogen-bond donors (Lipinski definition) is 2. The molecule has 0 aliphatic heterocycles. The number of benzene rings is 1. The first kappa shape index (κ1) is 16.0. The molecule has 0 aromatic heterocycles. The van der Waals surface area contributed by atoms with Crippen LogP contribution in [0.3, 0.4) is 0 Å². The summed E-state index contributed by atoms with van der Waals surface area (Å²) in [5.41, 5.74) is 1.05. The van der Waals surface area contributed by atoms with Crippen LogP contribution in [-0.4, -0.2) is 21.5 Å². The lowest BCUT2D eigenvalue weighted by atomic mass is 9.93. The standard InChI is InChI=1S/C14H24N2O2S/c1-5-15-12-6-8-13(9-7-12)19(17,18)16-11-10-14(2,3)4/h6-9,15-16H,5,10-11H2,1-4H3. The van der Waals surface area contributed by atoms with Crippen LogP contribution >= 0.6 is 0 Å². The Morgan fingerprint density at radius 1 is 1.11 bits per heavy atom. The van der Waals surface area contributed by atoms with Crippen LogP contribution in [0.2, 0.25) is 0 Å².